The average molecular weight is 342 g/mol. The maximum atomic E-state index is 6.00. The van der Waals surface area contributed by atoms with E-state index >= 15 is 0 Å². The molecule has 134 valence electrons. The minimum atomic E-state index is -0.297. The molecular formula is C21H26O4. The zero-order chi connectivity index (χ0) is 17.5. The topological polar surface area (TPSA) is 36.9 Å². The molecule has 0 aromatic heterocycles. The van der Waals surface area contributed by atoms with Gasteiger partial charge >= 0.3 is 0 Å². The van der Waals surface area contributed by atoms with Crippen molar-refractivity contribution >= 4 is 0 Å². The largest absolute Gasteiger partial charge is 0.382 e. The van der Waals surface area contributed by atoms with Gasteiger partial charge in [0.25, 0.3) is 0 Å². The van der Waals surface area contributed by atoms with Crippen LogP contribution in [-0.4, -0.2) is 53.9 Å². The highest BCUT2D eigenvalue weighted by Gasteiger charge is 2.43. The summed E-state index contributed by atoms with van der Waals surface area (Å²) < 4.78 is 22.2. The first kappa shape index (κ1) is 18.1. The maximum absolute atomic E-state index is 6.00. The van der Waals surface area contributed by atoms with Gasteiger partial charge in [-0.05, 0) is 22.3 Å². The zero-order valence-corrected chi connectivity index (χ0v) is 15.0. The Labute approximate surface area is 149 Å². The number of methoxy groups -OCH3 is 2. The molecule has 0 atom stereocenters. The zero-order valence-electron chi connectivity index (χ0n) is 15.0. The van der Waals surface area contributed by atoms with Gasteiger partial charge in [-0.3, -0.25) is 0 Å². The maximum Gasteiger partial charge on any atom is 0.0700 e. The number of hydrogen-bond acceptors (Lipinski definition) is 4. The summed E-state index contributed by atoms with van der Waals surface area (Å²) in [6.07, 6.45) is 0. The Bertz CT molecular complexity index is 624. The fraction of sp³-hybridized carbons (Fsp3) is 0.429. The fourth-order valence-corrected chi connectivity index (χ4v) is 3.55. The van der Waals surface area contributed by atoms with Crippen LogP contribution >= 0.6 is 0 Å². The number of fused-ring (bicyclic) bond motifs is 3. The highest BCUT2D eigenvalue weighted by Crippen LogP contribution is 2.49. The van der Waals surface area contributed by atoms with Crippen molar-refractivity contribution in [3.8, 4) is 11.1 Å². The third-order valence-electron chi connectivity index (χ3n) is 4.74. The van der Waals surface area contributed by atoms with Crippen LogP contribution in [0.3, 0.4) is 0 Å². The van der Waals surface area contributed by atoms with Crippen molar-refractivity contribution in [2.75, 3.05) is 53.9 Å². The predicted octanol–water partition coefficient (Wildman–Crippen LogP) is 3.28. The first-order valence-electron chi connectivity index (χ1n) is 8.66. The van der Waals surface area contributed by atoms with E-state index in [1.165, 1.54) is 22.3 Å². The second-order valence-corrected chi connectivity index (χ2v) is 6.26. The number of benzene rings is 2. The van der Waals surface area contributed by atoms with E-state index in [4.69, 9.17) is 18.9 Å². The molecule has 0 fully saturated rings. The van der Waals surface area contributed by atoms with Crippen molar-refractivity contribution in [3.05, 3.63) is 59.7 Å². The molecule has 0 saturated heterocycles. The van der Waals surface area contributed by atoms with Crippen molar-refractivity contribution in [1.82, 2.24) is 0 Å². The number of hydrogen-bond donors (Lipinski definition) is 0. The van der Waals surface area contributed by atoms with Gasteiger partial charge in [-0.15, -0.1) is 0 Å². The van der Waals surface area contributed by atoms with Crippen molar-refractivity contribution in [2.24, 2.45) is 0 Å². The molecule has 0 saturated carbocycles. The summed E-state index contributed by atoms with van der Waals surface area (Å²) in [5.74, 6) is 0. The molecule has 3 rings (SSSR count). The van der Waals surface area contributed by atoms with Gasteiger partial charge in [0.15, 0.2) is 0 Å². The Kier molecular flexibility index (Phi) is 6.21. The summed E-state index contributed by atoms with van der Waals surface area (Å²) in [6.45, 7) is 3.45. The number of ether oxygens (including phenoxy) is 4. The summed E-state index contributed by atoms with van der Waals surface area (Å²) in [6, 6.07) is 17.1. The summed E-state index contributed by atoms with van der Waals surface area (Å²) in [5, 5.41) is 0. The lowest BCUT2D eigenvalue weighted by molar-refractivity contribution is 0.00531. The van der Waals surface area contributed by atoms with Crippen molar-refractivity contribution in [3.63, 3.8) is 0 Å². The van der Waals surface area contributed by atoms with Gasteiger partial charge < -0.3 is 18.9 Å². The summed E-state index contributed by atoms with van der Waals surface area (Å²) in [7, 11) is 3.38. The Morgan fingerprint density at radius 2 is 1.08 bits per heavy atom. The molecule has 0 bridgehead atoms. The molecule has 0 N–H and O–H groups in total. The molecule has 4 heteroatoms. The van der Waals surface area contributed by atoms with E-state index in [9.17, 15) is 0 Å². The predicted molar refractivity (Wildman–Crippen MR) is 98.0 cm³/mol. The first-order valence-corrected chi connectivity index (χ1v) is 8.66. The van der Waals surface area contributed by atoms with E-state index in [-0.39, 0.29) is 5.41 Å². The second kappa shape index (κ2) is 8.59. The summed E-state index contributed by atoms with van der Waals surface area (Å²) >= 11 is 0. The van der Waals surface area contributed by atoms with Crippen LogP contribution in [0, 0.1) is 0 Å². The SMILES string of the molecule is COCCOCC1(COCCOC)c2ccccc2-c2ccccc21. The second-order valence-electron chi connectivity index (χ2n) is 6.26. The van der Waals surface area contributed by atoms with Crippen molar-refractivity contribution in [1.29, 1.82) is 0 Å². The molecule has 2 aromatic rings. The van der Waals surface area contributed by atoms with Gasteiger partial charge in [-0.1, -0.05) is 48.5 Å². The van der Waals surface area contributed by atoms with E-state index in [0.717, 1.165) is 0 Å². The van der Waals surface area contributed by atoms with Crippen LogP contribution in [0.4, 0.5) is 0 Å². The lowest BCUT2D eigenvalue weighted by Crippen LogP contribution is -2.37. The first-order chi connectivity index (χ1) is 12.3. The minimum Gasteiger partial charge on any atom is -0.382 e. The molecule has 0 spiro atoms. The monoisotopic (exact) mass is 342 g/mol. The Balaban J connectivity index is 1.94. The van der Waals surface area contributed by atoms with Gasteiger partial charge in [0, 0.05) is 14.2 Å². The van der Waals surface area contributed by atoms with Crippen molar-refractivity contribution in [2.45, 2.75) is 5.41 Å². The average Bonchev–Trinajstić information content (AvgIpc) is 2.94. The molecule has 0 radical (unpaired) electrons. The molecule has 0 unspecified atom stereocenters. The summed E-state index contributed by atoms with van der Waals surface area (Å²) in [4.78, 5) is 0. The lowest BCUT2D eigenvalue weighted by Gasteiger charge is -2.31. The lowest BCUT2D eigenvalue weighted by atomic mass is 9.79. The van der Waals surface area contributed by atoms with Gasteiger partial charge in [-0.2, -0.15) is 0 Å². The molecular weight excluding hydrogens is 316 g/mol. The van der Waals surface area contributed by atoms with Crippen LogP contribution in [0.2, 0.25) is 0 Å². The van der Waals surface area contributed by atoms with Crippen molar-refractivity contribution < 1.29 is 18.9 Å². The Morgan fingerprint density at radius 1 is 0.640 bits per heavy atom. The standard InChI is InChI=1S/C21H26O4/c1-22-11-13-24-15-21(16-25-14-12-23-2)19-9-5-3-7-17(19)18-8-4-6-10-20(18)21/h3-10H,11-16H2,1-2H3. The highest BCUT2D eigenvalue weighted by molar-refractivity contribution is 5.81. The Morgan fingerprint density at radius 3 is 1.52 bits per heavy atom. The van der Waals surface area contributed by atoms with E-state index in [1.807, 2.05) is 0 Å². The Hall–Kier alpha value is -1.72. The van der Waals surface area contributed by atoms with Crippen LogP contribution < -0.4 is 0 Å². The van der Waals surface area contributed by atoms with Gasteiger partial charge in [0.2, 0.25) is 0 Å². The van der Waals surface area contributed by atoms with E-state index < -0.39 is 0 Å². The van der Waals surface area contributed by atoms with Crippen LogP contribution in [0.5, 0.6) is 0 Å². The highest BCUT2D eigenvalue weighted by atomic mass is 16.5. The normalized spacial score (nSPS) is 14.3. The molecule has 4 nitrogen and oxygen atoms in total. The van der Waals surface area contributed by atoms with Gasteiger partial charge in [0.05, 0.1) is 45.1 Å². The molecule has 1 aliphatic carbocycles. The van der Waals surface area contributed by atoms with Crippen LogP contribution in [0.1, 0.15) is 11.1 Å². The summed E-state index contributed by atoms with van der Waals surface area (Å²) in [5.41, 5.74) is 4.78. The van der Waals surface area contributed by atoms with Crippen LogP contribution in [0.25, 0.3) is 11.1 Å². The molecule has 0 heterocycles. The fourth-order valence-electron chi connectivity index (χ4n) is 3.55. The quantitative estimate of drug-likeness (QED) is 0.621. The van der Waals surface area contributed by atoms with E-state index in [2.05, 4.69) is 48.5 Å². The molecule has 0 amide bonds. The van der Waals surface area contributed by atoms with E-state index in [0.29, 0.717) is 39.6 Å². The van der Waals surface area contributed by atoms with Gasteiger partial charge in [0.1, 0.15) is 0 Å². The van der Waals surface area contributed by atoms with Gasteiger partial charge in [-0.25, -0.2) is 0 Å². The molecule has 0 aliphatic heterocycles. The minimum absolute atomic E-state index is 0.297. The van der Waals surface area contributed by atoms with Crippen LogP contribution in [0.15, 0.2) is 48.5 Å². The third kappa shape index (κ3) is 3.62. The van der Waals surface area contributed by atoms with E-state index in [1.54, 1.807) is 14.2 Å². The molecule has 1 aliphatic rings. The molecule has 25 heavy (non-hydrogen) atoms. The van der Waals surface area contributed by atoms with Crippen LogP contribution in [-0.2, 0) is 24.4 Å². The number of rotatable bonds is 10. The third-order valence-corrected chi connectivity index (χ3v) is 4.74. The molecule has 2 aromatic carbocycles. The smallest absolute Gasteiger partial charge is 0.0700 e.